The molecule has 0 N–H and O–H groups in total. The van der Waals surface area contributed by atoms with Gasteiger partial charge in [-0.1, -0.05) is 37.3 Å². The molecular formula is C16H22ClNO2. The highest BCUT2D eigenvalue weighted by molar-refractivity contribution is 6.18. The van der Waals surface area contributed by atoms with Crippen molar-refractivity contribution in [1.29, 1.82) is 0 Å². The van der Waals surface area contributed by atoms with Gasteiger partial charge in [0.1, 0.15) is 0 Å². The number of hydrogen-bond donors (Lipinski definition) is 0. The molecule has 1 heterocycles. The first kappa shape index (κ1) is 15.3. The highest BCUT2D eigenvalue weighted by Crippen LogP contribution is 2.24. The molecule has 3 nitrogen and oxygen atoms in total. The Labute approximate surface area is 125 Å². The molecule has 0 radical (unpaired) electrons. The summed E-state index contributed by atoms with van der Waals surface area (Å²) in [5, 5.41) is 0. The minimum absolute atomic E-state index is 0.0460. The lowest BCUT2D eigenvalue weighted by Gasteiger charge is -2.37. The first-order chi connectivity index (χ1) is 9.65. The van der Waals surface area contributed by atoms with Crippen molar-refractivity contribution in [3.63, 3.8) is 0 Å². The Morgan fingerprint density at radius 2 is 2.10 bits per heavy atom. The van der Waals surface area contributed by atoms with Gasteiger partial charge in [0.2, 0.25) is 5.91 Å². The molecule has 0 bridgehead atoms. The van der Waals surface area contributed by atoms with Gasteiger partial charge >= 0.3 is 0 Å². The quantitative estimate of drug-likeness (QED) is 0.799. The van der Waals surface area contributed by atoms with E-state index in [9.17, 15) is 4.79 Å². The van der Waals surface area contributed by atoms with Crippen LogP contribution < -0.4 is 0 Å². The number of morpholine rings is 1. The van der Waals surface area contributed by atoms with Gasteiger partial charge < -0.3 is 9.64 Å². The van der Waals surface area contributed by atoms with E-state index in [-0.39, 0.29) is 24.0 Å². The number of rotatable bonds is 4. The maximum absolute atomic E-state index is 12.8. The number of amides is 1. The minimum atomic E-state index is -0.0718. The summed E-state index contributed by atoms with van der Waals surface area (Å²) in [6.45, 7) is 5.28. The van der Waals surface area contributed by atoms with Crippen LogP contribution in [0.5, 0.6) is 0 Å². The van der Waals surface area contributed by atoms with Gasteiger partial charge in [-0.3, -0.25) is 4.79 Å². The summed E-state index contributed by atoms with van der Waals surface area (Å²) in [6.07, 6.45) is 0.794. The lowest BCUT2D eigenvalue weighted by molar-refractivity contribution is -0.144. The maximum Gasteiger partial charge on any atom is 0.230 e. The second kappa shape index (κ2) is 7.09. The summed E-state index contributed by atoms with van der Waals surface area (Å²) < 4.78 is 5.71. The van der Waals surface area contributed by atoms with E-state index in [1.807, 2.05) is 42.2 Å². The highest BCUT2D eigenvalue weighted by Gasteiger charge is 2.31. The topological polar surface area (TPSA) is 29.5 Å². The molecular weight excluding hydrogens is 274 g/mol. The van der Waals surface area contributed by atoms with E-state index in [1.165, 1.54) is 0 Å². The second-order valence-electron chi connectivity index (χ2n) is 5.34. The Balaban J connectivity index is 2.12. The zero-order valence-corrected chi connectivity index (χ0v) is 12.8. The molecule has 1 aliphatic heterocycles. The number of carbonyl (C=O) groups is 1. The van der Waals surface area contributed by atoms with Crippen molar-refractivity contribution in [1.82, 2.24) is 4.90 Å². The van der Waals surface area contributed by atoms with E-state index in [0.717, 1.165) is 12.0 Å². The normalized spacial score (nSPS) is 24.4. The van der Waals surface area contributed by atoms with Crippen LogP contribution in [0.1, 0.15) is 31.7 Å². The first-order valence-corrected chi connectivity index (χ1v) is 7.74. The minimum Gasteiger partial charge on any atom is -0.370 e. The SMILES string of the molecule is CCC(C(=O)N1CC(C)OC(CCl)C1)c1ccccc1. The number of carbonyl (C=O) groups excluding carboxylic acids is 1. The fourth-order valence-corrected chi connectivity index (χ4v) is 2.94. The zero-order valence-electron chi connectivity index (χ0n) is 12.1. The third-order valence-corrected chi connectivity index (χ3v) is 4.06. The summed E-state index contributed by atoms with van der Waals surface area (Å²) in [5.74, 6) is 0.539. The van der Waals surface area contributed by atoms with Crippen LogP contribution in [0.4, 0.5) is 0 Å². The van der Waals surface area contributed by atoms with E-state index in [0.29, 0.717) is 19.0 Å². The molecule has 1 aromatic rings. The van der Waals surface area contributed by atoms with Gasteiger partial charge in [-0.25, -0.2) is 0 Å². The Kier molecular flexibility index (Phi) is 5.44. The van der Waals surface area contributed by atoms with Gasteiger partial charge in [0.25, 0.3) is 0 Å². The number of alkyl halides is 1. The van der Waals surface area contributed by atoms with E-state index in [2.05, 4.69) is 6.92 Å². The summed E-state index contributed by atoms with van der Waals surface area (Å²) in [7, 11) is 0. The summed E-state index contributed by atoms with van der Waals surface area (Å²) >= 11 is 5.88. The molecule has 4 heteroatoms. The lowest BCUT2D eigenvalue weighted by Crippen LogP contribution is -2.51. The van der Waals surface area contributed by atoms with Gasteiger partial charge in [-0.05, 0) is 18.9 Å². The molecule has 0 saturated carbocycles. The van der Waals surface area contributed by atoms with Crippen LogP contribution in [0.15, 0.2) is 30.3 Å². The number of halogens is 1. The van der Waals surface area contributed by atoms with Crippen molar-refractivity contribution in [2.45, 2.75) is 38.4 Å². The molecule has 20 heavy (non-hydrogen) atoms. The van der Waals surface area contributed by atoms with Crippen LogP contribution in [0.2, 0.25) is 0 Å². The number of nitrogens with zero attached hydrogens (tertiary/aromatic N) is 1. The molecule has 0 spiro atoms. The van der Waals surface area contributed by atoms with Crippen LogP contribution in [0, 0.1) is 0 Å². The maximum atomic E-state index is 12.8. The average Bonchev–Trinajstić information content (AvgIpc) is 2.48. The Bertz CT molecular complexity index is 437. The molecule has 0 aromatic heterocycles. The molecule has 0 aliphatic carbocycles. The van der Waals surface area contributed by atoms with Crippen molar-refractivity contribution in [2.75, 3.05) is 19.0 Å². The molecule has 1 fully saturated rings. The largest absolute Gasteiger partial charge is 0.370 e. The molecule has 110 valence electrons. The third-order valence-electron chi connectivity index (χ3n) is 3.72. The van der Waals surface area contributed by atoms with Gasteiger partial charge in [0.05, 0.1) is 24.0 Å². The lowest BCUT2D eigenvalue weighted by atomic mass is 9.94. The van der Waals surface area contributed by atoms with Crippen molar-refractivity contribution in [2.24, 2.45) is 0 Å². The van der Waals surface area contributed by atoms with Crippen molar-refractivity contribution in [3.8, 4) is 0 Å². The predicted molar refractivity (Wildman–Crippen MR) is 81.1 cm³/mol. The van der Waals surface area contributed by atoms with E-state index in [1.54, 1.807) is 0 Å². The molecule has 1 aliphatic rings. The van der Waals surface area contributed by atoms with Crippen LogP contribution in [0.3, 0.4) is 0 Å². The van der Waals surface area contributed by atoms with Crippen molar-refractivity contribution >= 4 is 17.5 Å². The number of ether oxygens (including phenoxy) is 1. The number of benzene rings is 1. The predicted octanol–water partition coefficient (Wildman–Crippen LogP) is 3.03. The first-order valence-electron chi connectivity index (χ1n) is 7.20. The van der Waals surface area contributed by atoms with Crippen LogP contribution >= 0.6 is 11.6 Å². The van der Waals surface area contributed by atoms with Crippen LogP contribution in [-0.4, -0.2) is 42.0 Å². The zero-order chi connectivity index (χ0) is 14.5. The second-order valence-corrected chi connectivity index (χ2v) is 5.65. The Morgan fingerprint density at radius 1 is 1.40 bits per heavy atom. The summed E-state index contributed by atoms with van der Waals surface area (Å²) in [4.78, 5) is 14.7. The van der Waals surface area contributed by atoms with E-state index < -0.39 is 0 Å². The highest BCUT2D eigenvalue weighted by atomic mass is 35.5. The van der Waals surface area contributed by atoms with Crippen molar-refractivity contribution < 1.29 is 9.53 Å². The molecule has 1 saturated heterocycles. The Morgan fingerprint density at radius 3 is 2.70 bits per heavy atom. The molecule has 1 aromatic carbocycles. The average molecular weight is 296 g/mol. The fraction of sp³-hybridized carbons (Fsp3) is 0.562. The van der Waals surface area contributed by atoms with Crippen molar-refractivity contribution in [3.05, 3.63) is 35.9 Å². The summed E-state index contributed by atoms with van der Waals surface area (Å²) in [5.41, 5.74) is 1.08. The van der Waals surface area contributed by atoms with Crippen LogP contribution in [0.25, 0.3) is 0 Å². The standard InChI is InChI=1S/C16H22ClNO2/c1-3-15(13-7-5-4-6-8-13)16(19)18-10-12(2)20-14(9-17)11-18/h4-8,12,14-15H,3,9-11H2,1-2H3. The fourth-order valence-electron chi connectivity index (χ4n) is 2.77. The van der Waals surface area contributed by atoms with Gasteiger partial charge in [0.15, 0.2) is 0 Å². The molecule has 3 atom stereocenters. The van der Waals surface area contributed by atoms with E-state index >= 15 is 0 Å². The third kappa shape index (κ3) is 3.53. The number of hydrogen-bond acceptors (Lipinski definition) is 2. The molecule has 1 amide bonds. The van der Waals surface area contributed by atoms with Gasteiger partial charge in [-0.15, -0.1) is 11.6 Å². The van der Waals surface area contributed by atoms with Gasteiger partial charge in [0, 0.05) is 13.1 Å². The molecule has 2 rings (SSSR count). The molecule has 3 unspecified atom stereocenters. The van der Waals surface area contributed by atoms with E-state index in [4.69, 9.17) is 16.3 Å². The van der Waals surface area contributed by atoms with Gasteiger partial charge in [-0.2, -0.15) is 0 Å². The van der Waals surface area contributed by atoms with Crippen LogP contribution in [-0.2, 0) is 9.53 Å². The summed E-state index contributed by atoms with van der Waals surface area (Å²) in [6, 6.07) is 9.98. The Hall–Kier alpha value is -1.06. The monoisotopic (exact) mass is 295 g/mol. The smallest absolute Gasteiger partial charge is 0.230 e.